The van der Waals surface area contributed by atoms with Crippen molar-refractivity contribution in [3.8, 4) is 0 Å². The van der Waals surface area contributed by atoms with Crippen LogP contribution in [0, 0.1) is 0 Å². The van der Waals surface area contributed by atoms with Crippen molar-refractivity contribution in [1.82, 2.24) is 15.1 Å². The van der Waals surface area contributed by atoms with Crippen molar-refractivity contribution in [3.63, 3.8) is 0 Å². The molecular weight excluding hydrogens is 210 g/mol. The topological polar surface area (TPSA) is 72.9 Å². The Morgan fingerprint density at radius 1 is 1.38 bits per heavy atom. The summed E-state index contributed by atoms with van der Waals surface area (Å²) in [5.41, 5.74) is 0. The molecule has 0 radical (unpaired) electrons. The van der Waals surface area contributed by atoms with Crippen molar-refractivity contribution in [2.45, 2.75) is 13.0 Å². The molecule has 0 aromatic rings. The predicted octanol–water partition coefficient (Wildman–Crippen LogP) is -1.74. The molecule has 1 aliphatic rings. The Hall–Kier alpha value is -1.14. The first kappa shape index (κ1) is 12.9. The SMILES string of the molecule is CCNCC(O)CN1CC(=O)N(C)CC1=O. The maximum absolute atomic E-state index is 11.6. The fraction of sp³-hybridized carbons (Fsp3) is 0.800. The Morgan fingerprint density at radius 2 is 2.06 bits per heavy atom. The molecule has 2 amide bonds. The lowest BCUT2D eigenvalue weighted by molar-refractivity contribution is -0.149. The summed E-state index contributed by atoms with van der Waals surface area (Å²) >= 11 is 0. The zero-order chi connectivity index (χ0) is 12.1. The van der Waals surface area contributed by atoms with Crippen LogP contribution in [0.1, 0.15) is 6.92 Å². The van der Waals surface area contributed by atoms with Gasteiger partial charge in [-0.25, -0.2) is 0 Å². The summed E-state index contributed by atoms with van der Waals surface area (Å²) in [4.78, 5) is 25.7. The molecule has 6 heteroatoms. The third-order valence-electron chi connectivity index (χ3n) is 2.54. The van der Waals surface area contributed by atoms with E-state index >= 15 is 0 Å². The largest absolute Gasteiger partial charge is 0.390 e. The highest BCUT2D eigenvalue weighted by atomic mass is 16.3. The number of aliphatic hydroxyl groups is 1. The number of carbonyl (C=O) groups is 2. The number of rotatable bonds is 5. The maximum Gasteiger partial charge on any atom is 0.242 e. The number of nitrogens with one attached hydrogen (secondary N) is 1. The summed E-state index contributed by atoms with van der Waals surface area (Å²) in [7, 11) is 1.60. The van der Waals surface area contributed by atoms with Crippen molar-refractivity contribution in [3.05, 3.63) is 0 Å². The molecule has 0 spiro atoms. The molecule has 0 aromatic carbocycles. The molecule has 0 aliphatic carbocycles. The van der Waals surface area contributed by atoms with Crippen LogP contribution in [-0.2, 0) is 9.59 Å². The molecule has 1 rings (SSSR count). The molecule has 1 aliphatic heterocycles. The first-order chi connectivity index (χ1) is 7.54. The van der Waals surface area contributed by atoms with Crippen LogP contribution in [0.3, 0.4) is 0 Å². The van der Waals surface area contributed by atoms with E-state index in [1.807, 2.05) is 6.92 Å². The van der Waals surface area contributed by atoms with Crippen molar-refractivity contribution in [2.75, 3.05) is 39.8 Å². The average molecular weight is 229 g/mol. The van der Waals surface area contributed by atoms with E-state index in [-0.39, 0.29) is 31.4 Å². The summed E-state index contributed by atoms with van der Waals surface area (Å²) < 4.78 is 0. The molecule has 0 aromatic heterocycles. The van der Waals surface area contributed by atoms with E-state index in [9.17, 15) is 14.7 Å². The van der Waals surface area contributed by atoms with Gasteiger partial charge in [0.1, 0.15) is 0 Å². The molecule has 16 heavy (non-hydrogen) atoms. The predicted molar refractivity (Wildman–Crippen MR) is 58.8 cm³/mol. The standard InChI is InChI=1S/C10H19N3O3/c1-3-11-4-8(14)5-13-7-9(15)12(2)6-10(13)16/h8,11,14H,3-7H2,1-2H3. The number of carbonyl (C=O) groups excluding carboxylic acids is 2. The van der Waals surface area contributed by atoms with E-state index < -0.39 is 6.10 Å². The van der Waals surface area contributed by atoms with Crippen LogP contribution in [0.15, 0.2) is 0 Å². The van der Waals surface area contributed by atoms with Crippen LogP contribution in [-0.4, -0.2) is 72.6 Å². The van der Waals surface area contributed by atoms with Gasteiger partial charge in [-0.3, -0.25) is 9.59 Å². The van der Waals surface area contributed by atoms with Gasteiger partial charge in [0.2, 0.25) is 11.8 Å². The van der Waals surface area contributed by atoms with Crippen LogP contribution >= 0.6 is 0 Å². The number of likely N-dealkylation sites (N-methyl/N-ethyl adjacent to an activating group) is 2. The van der Waals surface area contributed by atoms with Crippen LogP contribution in [0.2, 0.25) is 0 Å². The fourth-order valence-electron chi connectivity index (χ4n) is 1.56. The number of hydrogen-bond acceptors (Lipinski definition) is 4. The summed E-state index contributed by atoms with van der Waals surface area (Å²) in [6.45, 7) is 3.53. The molecule has 2 N–H and O–H groups in total. The zero-order valence-corrected chi connectivity index (χ0v) is 9.77. The quantitative estimate of drug-likeness (QED) is 0.587. The van der Waals surface area contributed by atoms with Crippen LogP contribution < -0.4 is 5.32 Å². The third-order valence-corrected chi connectivity index (χ3v) is 2.54. The molecule has 92 valence electrons. The minimum atomic E-state index is -0.625. The highest BCUT2D eigenvalue weighted by Gasteiger charge is 2.28. The lowest BCUT2D eigenvalue weighted by Gasteiger charge is -2.32. The van der Waals surface area contributed by atoms with Gasteiger partial charge in [-0.2, -0.15) is 0 Å². The molecule has 6 nitrogen and oxygen atoms in total. The minimum Gasteiger partial charge on any atom is -0.390 e. The lowest BCUT2D eigenvalue weighted by Crippen LogP contribution is -2.54. The number of aliphatic hydroxyl groups excluding tert-OH is 1. The maximum atomic E-state index is 11.6. The Bertz CT molecular complexity index is 270. The van der Waals surface area contributed by atoms with Crippen molar-refractivity contribution >= 4 is 11.8 Å². The van der Waals surface area contributed by atoms with Gasteiger partial charge in [0, 0.05) is 20.1 Å². The normalized spacial score (nSPS) is 19.2. The molecule has 1 unspecified atom stereocenters. The second-order valence-corrected chi connectivity index (χ2v) is 3.99. The van der Waals surface area contributed by atoms with Gasteiger partial charge in [-0.05, 0) is 6.54 Å². The van der Waals surface area contributed by atoms with Gasteiger partial charge < -0.3 is 20.2 Å². The number of β-amino-alcohol motifs (C(OH)–C–C–N with tert-alkyl or cyclic N) is 1. The molecule has 0 bridgehead atoms. The zero-order valence-electron chi connectivity index (χ0n) is 9.77. The molecule has 1 atom stereocenters. The molecule has 1 fully saturated rings. The van der Waals surface area contributed by atoms with E-state index in [0.717, 1.165) is 6.54 Å². The first-order valence-electron chi connectivity index (χ1n) is 5.45. The van der Waals surface area contributed by atoms with Gasteiger partial charge >= 0.3 is 0 Å². The molecule has 1 saturated heterocycles. The van der Waals surface area contributed by atoms with E-state index in [2.05, 4.69) is 5.32 Å². The fourth-order valence-corrected chi connectivity index (χ4v) is 1.56. The Balaban J connectivity index is 2.41. The number of amides is 2. The molecular formula is C10H19N3O3. The third kappa shape index (κ3) is 3.46. The van der Waals surface area contributed by atoms with Gasteiger partial charge in [-0.15, -0.1) is 0 Å². The van der Waals surface area contributed by atoms with Crippen LogP contribution in [0.25, 0.3) is 0 Å². The minimum absolute atomic E-state index is 0.0680. The molecule has 1 heterocycles. The summed E-state index contributed by atoms with van der Waals surface area (Å²) in [6.07, 6.45) is -0.625. The van der Waals surface area contributed by atoms with E-state index in [1.54, 1.807) is 7.05 Å². The smallest absolute Gasteiger partial charge is 0.242 e. The van der Waals surface area contributed by atoms with Crippen molar-refractivity contribution in [2.24, 2.45) is 0 Å². The Labute approximate surface area is 95.2 Å². The highest BCUT2D eigenvalue weighted by Crippen LogP contribution is 2.03. The van der Waals surface area contributed by atoms with Crippen LogP contribution in [0.4, 0.5) is 0 Å². The van der Waals surface area contributed by atoms with Crippen molar-refractivity contribution in [1.29, 1.82) is 0 Å². The average Bonchev–Trinajstić information content (AvgIpc) is 2.23. The molecule has 0 saturated carbocycles. The number of nitrogens with zero attached hydrogens (tertiary/aromatic N) is 2. The van der Waals surface area contributed by atoms with E-state index in [4.69, 9.17) is 0 Å². The first-order valence-corrected chi connectivity index (χ1v) is 5.45. The second-order valence-electron chi connectivity index (χ2n) is 3.99. The highest BCUT2D eigenvalue weighted by molar-refractivity contribution is 5.92. The van der Waals surface area contributed by atoms with E-state index in [0.29, 0.717) is 6.54 Å². The van der Waals surface area contributed by atoms with Gasteiger partial charge in [-0.1, -0.05) is 6.92 Å². The van der Waals surface area contributed by atoms with Crippen molar-refractivity contribution < 1.29 is 14.7 Å². The summed E-state index contributed by atoms with van der Waals surface area (Å²) in [6, 6.07) is 0. The Kier molecular flexibility index (Phi) is 4.70. The van der Waals surface area contributed by atoms with Crippen LogP contribution in [0.5, 0.6) is 0 Å². The van der Waals surface area contributed by atoms with Gasteiger partial charge in [0.05, 0.1) is 19.2 Å². The number of piperazine rings is 1. The lowest BCUT2D eigenvalue weighted by atomic mass is 10.2. The monoisotopic (exact) mass is 229 g/mol. The van der Waals surface area contributed by atoms with E-state index in [1.165, 1.54) is 9.80 Å². The summed E-state index contributed by atoms with van der Waals surface area (Å²) in [5.74, 6) is -0.201. The van der Waals surface area contributed by atoms with Gasteiger partial charge in [0.15, 0.2) is 0 Å². The Morgan fingerprint density at radius 3 is 2.69 bits per heavy atom. The number of hydrogen-bond donors (Lipinski definition) is 2. The summed E-state index contributed by atoms with van der Waals surface area (Å²) in [5, 5.41) is 12.6. The second kappa shape index (κ2) is 5.81. The van der Waals surface area contributed by atoms with Gasteiger partial charge in [0.25, 0.3) is 0 Å².